The lowest BCUT2D eigenvalue weighted by atomic mass is 10.1. The molecule has 0 saturated carbocycles. The van der Waals surface area contributed by atoms with Crippen LogP contribution in [-0.2, 0) is 19.6 Å². The number of likely N-dealkylation sites (tertiary alicyclic amines) is 1. The fourth-order valence-corrected chi connectivity index (χ4v) is 3.67. The molecule has 0 bridgehead atoms. The van der Waals surface area contributed by atoms with Gasteiger partial charge in [0.2, 0.25) is 0 Å². The molecular formula is C24H34N4O2. The van der Waals surface area contributed by atoms with E-state index in [0.29, 0.717) is 18.8 Å². The smallest absolute Gasteiger partial charge is 0.191 e. The summed E-state index contributed by atoms with van der Waals surface area (Å²) in [6.07, 6.45) is 4.02. The van der Waals surface area contributed by atoms with Gasteiger partial charge in [0.1, 0.15) is 0 Å². The topological polar surface area (TPSA) is 69.1 Å². The summed E-state index contributed by atoms with van der Waals surface area (Å²) < 4.78 is 5.09. The zero-order valence-corrected chi connectivity index (χ0v) is 18.2. The second kappa shape index (κ2) is 11.5. The molecule has 162 valence electrons. The Kier molecular flexibility index (Phi) is 8.39. The van der Waals surface area contributed by atoms with E-state index >= 15 is 0 Å². The van der Waals surface area contributed by atoms with Crippen LogP contribution >= 0.6 is 0 Å². The van der Waals surface area contributed by atoms with E-state index in [1.807, 2.05) is 13.0 Å². The summed E-state index contributed by atoms with van der Waals surface area (Å²) in [5.74, 6) is 1.36. The Hall–Kier alpha value is -2.73. The molecule has 3 rings (SSSR count). The summed E-state index contributed by atoms with van der Waals surface area (Å²) in [4.78, 5) is 7.17. The first-order chi connectivity index (χ1) is 14.7. The molecule has 0 aromatic heterocycles. The molecule has 1 saturated heterocycles. The van der Waals surface area contributed by atoms with Gasteiger partial charge in [-0.15, -0.1) is 0 Å². The number of nitrogens with one attached hydrogen (secondary N) is 2. The van der Waals surface area contributed by atoms with Gasteiger partial charge in [0.25, 0.3) is 0 Å². The first-order valence-corrected chi connectivity index (χ1v) is 10.9. The number of benzene rings is 2. The lowest BCUT2D eigenvalue weighted by Crippen LogP contribution is -2.36. The Morgan fingerprint density at radius 2 is 1.70 bits per heavy atom. The number of phenolic OH excluding ortho intramolecular Hbond substituents is 1. The Morgan fingerprint density at radius 1 is 1.00 bits per heavy atom. The number of ether oxygens (including phenoxy) is 1. The number of methoxy groups -OCH3 is 1. The Bertz CT molecular complexity index is 814. The minimum absolute atomic E-state index is 0.132. The molecule has 2 aromatic carbocycles. The van der Waals surface area contributed by atoms with Gasteiger partial charge in [0, 0.05) is 19.6 Å². The number of guanidine groups is 1. The van der Waals surface area contributed by atoms with Crippen molar-refractivity contribution in [3.8, 4) is 11.5 Å². The average molecular weight is 411 g/mol. The Morgan fingerprint density at radius 3 is 2.37 bits per heavy atom. The summed E-state index contributed by atoms with van der Waals surface area (Å²) in [5, 5.41) is 16.6. The lowest BCUT2D eigenvalue weighted by Gasteiger charge is -2.26. The maximum absolute atomic E-state index is 9.93. The third-order valence-electron chi connectivity index (χ3n) is 5.35. The first-order valence-electron chi connectivity index (χ1n) is 10.9. The van der Waals surface area contributed by atoms with Gasteiger partial charge < -0.3 is 20.5 Å². The van der Waals surface area contributed by atoms with E-state index in [1.165, 1.54) is 43.5 Å². The van der Waals surface area contributed by atoms with E-state index in [9.17, 15) is 5.11 Å². The second-order valence-corrected chi connectivity index (χ2v) is 7.71. The van der Waals surface area contributed by atoms with Gasteiger partial charge in [-0.05, 0) is 61.7 Å². The minimum atomic E-state index is 0.132. The van der Waals surface area contributed by atoms with Crippen LogP contribution in [0.2, 0.25) is 0 Å². The highest BCUT2D eigenvalue weighted by atomic mass is 16.5. The predicted molar refractivity (Wildman–Crippen MR) is 122 cm³/mol. The quantitative estimate of drug-likeness (QED) is 0.458. The number of hydrogen-bond donors (Lipinski definition) is 3. The maximum Gasteiger partial charge on any atom is 0.191 e. The van der Waals surface area contributed by atoms with Crippen LogP contribution in [0.4, 0.5) is 0 Å². The number of aromatic hydroxyl groups is 1. The lowest BCUT2D eigenvalue weighted by molar-refractivity contribution is 0.221. The van der Waals surface area contributed by atoms with Crippen LogP contribution in [0.25, 0.3) is 0 Å². The minimum Gasteiger partial charge on any atom is -0.504 e. The van der Waals surface area contributed by atoms with Gasteiger partial charge >= 0.3 is 0 Å². The summed E-state index contributed by atoms with van der Waals surface area (Å²) in [6.45, 7) is 7.51. The highest BCUT2D eigenvalue weighted by Crippen LogP contribution is 2.26. The molecule has 2 aromatic rings. The van der Waals surface area contributed by atoms with Crippen molar-refractivity contribution in [3.63, 3.8) is 0 Å². The van der Waals surface area contributed by atoms with Crippen LogP contribution in [-0.4, -0.2) is 42.7 Å². The van der Waals surface area contributed by atoms with Gasteiger partial charge in [-0.2, -0.15) is 0 Å². The third-order valence-corrected chi connectivity index (χ3v) is 5.35. The molecule has 0 atom stereocenters. The van der Waals surface area contributed by atoms with E-state index < -0.39 is 0 Å². The number of nitrogens with zero attached hydrogens (tertiary/aromatic N) is 2. The number of phenols is 1. The van der Waals surface area contributed by atoms with Gasteiger partial charge in [0.15, 0.2) is 17.5 Å². The fraction of sp³-hybridized carbons (Fsp3) is 0.458. The molecule has 0 amide bonds. The summed E-state index contributed by atoms with van der Waals surface area (Å²) in [6, 6.07) is 14.2. The van der Waals surface area contributed by atoms with Crippen molar-refractivity contribution in [1.82, 2.24) is 15.5 Å². The van der Waals surface area contributed by atoms with Crippen molar-refractivity contribution in [1.29, 1.82) is 0 Å². The van der Waals surface area contributed by atoms with Gasteiger partial charge in [0.05, 0.1) is 13.7 Å². The fourth-order valence-electron chi connectivity index (χ4n) is 3.67. The molecule has 1 aliphatic heterocycles. The number of hydrogen-bond acceptors (Lipinski definition) is 4. The molecule has 0 aliphatic carbocycles. The van der Waals surface area contributed by atoms with Crippen LogP contribution in [0.15, 0.2) is 47.5 Å². The number of piperidine rings is 1. The van der Waals surface area contributed by atoms with Gasteiger partial charge in [-0.3, -0.25) is 4.90 Å². The van der Waals surface area contributed by atoms with Crippen molar-refractivity contribution in [2.75, 3.05) is 26.7 Å². The van der Waals surface area contributed by atoms with E-state index in [1.54, 1.807) is 19.2 Å². The summed E-state index contributed by atoms with van der Waals surface area (Å²) in [5.41, 5.74) is 3.53. The maximum atomic E-state index is 9.93. The first kappa shape index (κ1) is 22.0. The molecule has 1 fully saturated rings. The average Bonchev–Trinajstić information content (AvgIpc) is 2.77. The standard InChI is InChI=1S/C24H34N4O2/c1-3-25-24(27-17-21-11-12-23(30-2)22(29)15-21)26-16-19-7-9-20(10-8-19)18-28-13-5-4-6-14-28/h7-12,15,29H,3-6,13-14,16-18H2,1-2H3,(H2,25,26,27). The Labute approximate surface area is 180 Å². The molecule has 6 heteroatoms. The van der Waals surface area contributed by atoms with Crippen LogP contribution in [0.3, 0.4) is 0 Å². The molecule has 30 heavy (non-hydrogen) atoms. The zero-order valence-electron chi connectivity index (χ0n) is 18.2. The van der Waals surface area contributed by atoms with E-state index in [2.05, 4.69) is 44.8 Å². The monoisotopic (exact) mass is 410 g/mol. The van der Waals surface area contributed by atoms with E-state index in [0.717, 1.165) is 24.6 Å². The van der Waals surface area contributed by atoms with Crippen molar-refractivity contribution >= 4 is 5.96 Å². The molecule has 6 nitrogen and oxygen atoms in total. The third kappa shape index (κ3) is 6.66. The second-order valence-electron chi connectivity index (χ2n) is 7.71. The molecule has 1 heterocycles. The number of aliphatic imine (C=N–C) groups is 1. The zero-order chi connectivity index (χ0) is 21.2. The van der Waals surface area contributed by atoms with Crippen molar-refractivity contribution in [2.24, 2.45) is 4.99 Å². The van der Waals surface area contributed by atoms with Gasteiger partial charge in [-0.25, -0.2) is 4.99 Å². The largest absolute Gasteiger partial charge is 0.504 e. The van der Waals surface area contributed by atoms with Crippen molar-refractivity contribution < 1.29 is 9.84 Å². The SMILES string of the molecule is CCNC(=NCc1ccc(OC)c(O)c1)NCc1ccc(CN2CCCCC2)cc1. The molecule has 0 radical (unpaired) electrons. The van der Waals surface area contributed by atoms with Crippen LogP contribution in [0, 0.1) is 0 Å². The van der Waals surface area contributed by atoms with Crippen LogP contribution in [0.1, 0.15) is 42.9 Å². The molecular weight excluding hydrogens is 376 g/mol. The highest BCUT2D eigenvalue weighted by molar-refractivity contribution is 5.79. The van der Waals surface area contributed by atoms with E-state index in [-0.39, 0.29) is 5.75 Å². The highest BCUT2D eigenvalue weighted by Gasteiger charge is 2.10. The number of rotatable bonds is 8. The molecule has 1 aliphatic rings. The van der Waals surface area contributed by atoms with Gasteiger partial charge in [-0.1, -0.05) is 36.8 Å². The molecule has 3 N–H and O–H groups in total. The summed E-state index contributed by atoms with van der Waals surface area (Å²) >= 11 is 0. The predicted octanol–water partition coefficient (Wildman–Crippen LogP) is 3.64. The van der Waals surface area contributed by atoms with E-state index in [4.69, 9.17) is 4.74 Å². The normalized spacial score (nSPS) is 15.1. The Balaban J connectivity index is 1.53. The van der Waals surface area contributed by atoms with Crippen molar-refractivity contribution in [2.45, 2.75) is 45.8 Å². The summed E-state index contributed by atoms with van der Waals surface area (Å²) in [7, 11) is 1.54. The molecule has 0 unspecified atom stereocenters. The van der Waals surface area contributed by atoms with Crippen molar-refractivity contribution in [3.05, 3.63) is 59.2 Å². The van der Waals surface area contributed by atoms with Crippen LogP contribution < -0.4 is 15.4 Å². The van der Waals surface area contributed by atoms with Crippen LogP contribution in [0.5, 0.6) is 11.5 Å². The molecule has 0 spiro atoms.